The molecule has 5 heteroatoms. The van der Waals surface area contributed by atoms with Crippen molar-refractivity contribution in [2.45, 2.75) is 44.9 Å². The Kier molecular flexibility index (Phi) is 4.25. The van der Waals surface area contributed by atoms with Crippen molar-refractivity contribution in [3.8, 4) is 11.1 Å². The summed E-state index contributed by atoms with van der Waals surface area (Å²) in [6.45, 7) is 5.37. The Labute approximate surface area is 138 Å². The average Bonchev–Trinajstić information content (AvgIpc) is 2.88. The molecule has 0 radical (unpaired) electrons. The van der Waals surface area contributed by atoms with E-state index in [1.54, 1.807) is 13.8 Å². The first-order chi connectivity index (χ1) is 10.8. The van der Waals surface area contributed by atoms with Crippen molar-refractivity contribution < 1.29 is 8.42 Å². The minimum atomic E-state index is -3.23. The van der Waals surface area contributed by atoms with Crippen molar-refractivity contribution in [2.75, 3.05) is 0 Å². The molecule has 2 aromatic rings. The molecule has 1 aromatic heterocycles. The van der Waals surface area contributed by atoms with Crippen LogP contribution in [0.25, 0.3) is 11.1 Å². The SMILES string of the molecule is Cc1ccc(-c2ccc3c(c2)CC(NS(=O)(=O)C(C)C)C3)cn1. The number of nitrogens with one attached hydrogen (secondary N) is 1. The highest BCUT2D eigenvalue weighted by molar-refractivity contribution is 7.90. The minimum Gasteiger partial charge on any atom is -0.261 e. The summed E-state index contributed by atoms with van der Waals surface area (Å²) in [5, 5.41) is -0.402. The summed E-state index contributed by atoms with van der Waals surface area (Å²) in [5.41, 5.74) is 5.66. The van der Waals surface area contributed by atoms with Crippen LogP contribution < -0.4 is 4.72 Å². The van der Waals surface area contributed by atoms with Crippen LogP contribution in [0.5, 0.6) is 0 Å². The lowest BCUT2D eigenvalue weighted by atomic mass is 10.0. The molecule has 0 fully saturated rings. The molecule has 1 atom stereocenters. The van der Waals surface area contributed by atoms with Gasteiger partial charge in [-0.05, 0) is 56.4 Å². The van der Waals surface area contributed by atoms with Gasteiger partial charge in [-0.1, -0.05) is 24.3 Å². The molecule has 122 valence electrons. The fourth-order valence-corrected chi connectivity index (χ4v) is 3.79. The third-order valence-corrected chi connectivity index (χ3v) is 6.24. The number of benzene rings is 1. The smallest absolute Gasteiger partial charge is 0.214 e. The second-order valence-corrected chi connectivity index (χ2v) is 8.76. The molecule has 1 aliphatic carbocycles. The van der Waals surface area contributed by atoms with Crippen LogP contribution in [0, 0.1) is 6.92 Å². The summed E-state index contributed by atoms with van der Waals surface area (Å²) in [7, 11) is -3.23. The van der Waals surface area contributed by atoms with Gasteiger partial charge in [0.2, 0.25) is 10.0 Å². The Morgan fingerprint density at radius 2 is 1.78 bits per heavy atom. The summed E-state index contributed by atoms with van der Waals surface area (Å²) >= 11 is 0. The predicted octanol–water partition coefficient (Wildman–Crippen LogP) is 2.85. The summed E-state index contributed by atoms with van der Waals surface area (Å²) in [5.74, 6) is 0. The van der Waals surface area contributed by atoms with E-state index < -0.39 is 15.3 Å². The number of aromatic nitrogens is 1. The normalized spacial score (nSPS) is 17.5. The van der Waals surface area contributed by atoms with Gasteiger partial charge in [0.25, 0.3) is 0 Å². The summed E-state index contributed by atoms with van der Waals surface area (Å²) in [4.78, 5) is 4.34. The van der Waals surface area contributed by atoms with Crippen molar-refractivity contribution in [1.29, 1.82) is 0 Å². The molecule has 0 bridgehead atoms. The maximum atomic E-state index is 12.0. The number of aryl methyl sites for hydroxylation is 1. The van der Waals surface area contributed by atoms with Crippen LogP contribution in [0.4, 0.5) is 0 Å². The maximum Gasteiger partial charge on any atom is 0.214 e. The summed E-state index contributed by atoms with van der Waals surface area (Å²) in [6.07, 6.45) is 3.38. The van der Waals surface area contributed by atoms with Crippen molar-refractivity contribution >= 4 is 10.0 Å². The highest BCUT2D eigenvalue weighted by Gasteiger charge is 2.27. The lowest BCUT2D eigenvalue weighted by Crippen LogP contribution is -2.39. The molecule has 1 aliphatic rings. The number of fused-ring (bicyclic) bond motifs is 1. The van der Waals surface area contributed by atoms with Gasteiger partial charge in [-0.2, -0.15) is 0 Å². The molecular weight excluding hydrogens is 308 g/mol. The highest BCUT2D eigenvalue weighted by atomic mass is 32.2. The molecule has 23 heavy (non-hydrogen) atoms. The van der Waals surface area contributed by atoms with E-state index in [-0.39, 0.29) is 6.04 Å². The molecule has 0 aliphatic heterocycles. The minimum absolute atomic E-state index is 0.0382. The molecule has 3 rings (SSSR count). The summed E-state index contributed by atoms with van der Waals surface area (Å²) in [6, 6.07) is 10.4. The van der Waals surface area contributed by atoms with Gasteiger partial charge in [-0.3, -0.25) is 4.98 Å². The fraction of sp³-hybridized carbons (Fsp3) is 0.389. The van der Waals surface area contributed by atoms with Crippen LogP contribution in [0.1, 0.15) is 30.7 Å². The Balaban J connectivity index is 1.80. The second kappa shape index (κ2) is 6.06. The van der Waals surface area contributed by atoms with E-state index >= 15 is 0 Å². The molecule has 0 spiro atoms. The van der Waals surface area contributed by atoms with Crippen LogP contribution in [0.15, 0.2) is 36.5 Å². The van der Waals surface area contributed by atoms with E-state index in [4.69, 9.17) is 0 Å². The molecule has 1 heterocycles. The molecule has 0 saturated carbocycles. The van der Waals surface area contributed by atoms with E-state index in [2.05, 4.69) is 34.0 Å². The quantitative estimate of drug-likeness (QED) is 0.938. The Morgan fingerprint density at radius 1 is 1.09 bits per heavy atom. The van der Waals surface area contributed by atoms with Gasteiger partial charge < -0.3 is 0 Å². The van der Waals surface area contributed by atoms with Crippen LogP contribution in [0.2, 0.25) is 0 Å². The van der Waals surface area contributed by atoms with Crippen molar-refractivity contribution in [3.63, 3.8) is 0 Å². The lowest BCUT2D eigenvalue weighted by molar-refractivity contribution is 0.547. The van der Waals surface area contributed by atoms with E-state index in [1.807, 2.05) is 19.2 Å². The Morgan fingerprint density at radius 3 is 2.43 bits per heavy atom. The monoisotopic (exact) mass is 330 g/mol. The van der Waals surface area contributed by atoms with E-state index in [1.165, 1.54) is 11.1 Å². The van der Waals surface area contributed by atoms with E-state index in [0.29, 0.717) is 0 Å². The number of pyridine rings is 1. The first kappa shape index (κ1) is 16.1. The van der Waals surface area contributed by atoms with Gasteiger partial charge >= 0.3 is 0 Å². The fourth-order valence-electron chi connectivity index (χ4n) is 2.89. The van der Waals surface area contributed by atoms with Gasteiger partial charge in [0.1, 0.15) is 0 Å². The molecule has 0 amide bonds. The summed E-state index contributed by atoms with van der Waals surface area (Å²) < 4.78 is 26.9. The molecular formula is C18H22N2O2S. The molecule has 1 unspecified atom stereocenters. The zero-order valence-electron chi connectivity index (χ0n) is 13.7. The third-order valence-electron chi connectivity index (χ3n) is 4.34. The van der Waals surface area contributed by atoms with Crippen LogP contribution >= 0.6 is 0 Å². The molecule has 1 N–H and O–H groups in total. The largest absolute Gasteiger partial charge is 0.261 e. The topological polar surface area (TPSA) is 59.1 Å². The molecule has 0 saturated heterocycles. The van der Waals surface area contributed by atoms with Gasteiger partial charge in [-0.15, -0.1) is 0 Å². The van der Waals surface area contributed by atoms with E-state index in [9.17, 15) is 8.42 Å². The van der Waals surface area contributed by atoms with Crippen molar-refractivity contribution in [2.24, 2.45) is 0 Å². The number of hydrogen-bond acceptors (Lipinski definition) is 3. The van der Waals surface area contributed by atoms with Gasteiger partial charge in [0.15, 0.2) is 0 Å². The van der Waals surface area contributed by atoms with Crippen LogP contribution in [-0.4, -0.2) is 24.7 Å². The number of hydrogen-bond donors (Lipinski definition) is 1. The van der Waals surface area contributed by atoms with Crippen molar-refractivity contribution in [3.05, 3.63) is 53.3 Å². The van der Waals surface area contributed by atoms with Gasteiger partial charge in [-0.25, -0.2) is 13.1 Å². The maximum absolute atomic E-state index is 12.0. The molecule has 1 aromatic carbocycles. The second-order valence-electron chi connectivity index (χ2n) is 6.49. The first-order valence-corrected chi connectivity index (χ1v) is 9.46. The van der Waals surface area contributed by atoms with Gasteiger partial charge in [0.05, 0.1) is 5.25 Å². The third kappa shape index (κ3) is 3.46. The lowest BCUT2D eigenvalue weighted by Gasteiger charge is -2.14. The van der Waals surface area contributed by atoms with Gasteiger partial charge in [0, 0.05) is 23.5 Å². The number of sulfonamides is 1. The standard InChI is InChI=1S/C18H22N2O2S/c1-12(2)23(21,22)20-18-9-15-7-6-14(8-17(15)10-18)16-5-4-13(3)19-11-16/h4-8,11-12,18,20H,9-10H2,1-3H3. The molecule has 4 nitrogen and oxygen atoms in total. The zero-order chi connectivity index (χ0) is 16.6. The number of rotatable bonds is 4. The first-order valence-electron chi connectivity index (χ1n) is 7.91. The Hall–Kier alpha value is -1.72. The van der Waals surface area contributed by atoms with E-state index in [0.717, 1.165) is 29.7 Å². The number of nitrogens with zero attached hydrogens (tertiary/aromatic N) is 1. The zero-order valence-corrected chi connectivity index (χ0v) is 14.5. The highest BCUT2D eigenvalue weighted by Crippen LogP contribution is 2.28. The van der Waals surface area contributed by atoms with Crippen molar-refractivity contribution in [1.82, 2.24) is 9.71 Å². The average molecular weight is 330 g/mol. The Bertz CT molecular complexity index is 811. The predicted molar refractivity (Wildman–Crippen MR) is 92.8 cm³/mol. The van der Waals surface area contributed by atoms with Crippen LogP contribution in [-0.2, 0) is 22.9 Å². The van der Waals surface area contributed by atoms with Crippen LogP contribution in [0.3, 0.4) is 0 Å².